The second kappa shape index (κ2) is 5.61. The molecule has 5 atom stereocenters. The van der Waals surface area contributed by atoms with E-state index in [1.807, 2.05) is 0 Å². The largest absolute Gasteiger partial charge is 0.477 e. The first-order valence-electron chi connectivity index (χ1n) is 4.55. The second-order valence-electron chi connectivity index (χ2n) is 3.48. The number of nitrogens with one attached hydrogen (secondary N) is 1. The molecule has 0 aliphatic carbocycles. The van der Waals surface area contributed by atoms with E-state index in [-0.39, 0.29) is 0 Å². The summed E-state index contributed by atoms with van der Waals surface area (Å²) in [6.07, 6.45) is -6.03. The zero-order valence-electron chi connectivity index (χ0n) is 8.73. The first-order valence-corrected chi connectivity index (χ1v) is 7.66. The molecule has 1 heterocycles. The van der Waals surface area contributed by atoms with Crippen LogP contribution < -0.4 is 5.09 Å². The Bertz CT molecular complexity index is 382. The van der Waals surface area contributed by atoms with Gasteiger partial charge < -0.3 is 34.7 Å². The van der Waals surface area contributed by atoms with Crippen molar-refractivity contribution >= 4 is 15.6 Å². The van der Waals surface area contributed by atoms with E-state index in [0.717, 1.165) is 0 Å². The molecule has 0 amide bonds. The fraction of sp³-hybridized carbons (Fsp3) is 1.00. The quantitative estimate of drug-likeness (QED) is 0.260. The van der Waals surface area contributed by atoms with E-state index in [1.165, 1.54) is 0 Å². The molecular weight excluding hydrogens is 296 g/mol. The van der Waals surface area contributed by atoms with Crippen LogP contribution in [0.25, 0.3) is 0 Å². The number of rotatable bonds is 5. The predicted octanol–water partition coefficient (Wildman–Crippen LogP) is -2.78. The lowest BCUT2D eigenvalue weighted by atomic mass is 10.1. The number of phosphoric acid groups is 1. The molecule has 1 aliphatic rings. The summed E-state index contributed by atoms with van der Waals surface area (Å²) in [5, 5.41) is 29.1. The molecule has 7 N–H and O–H groups in total. The van der Waals surface area contributed by atoms with Crippen LogP contribution in [0, 0.1) is 0 Å². The summed E-state index contributed by atoms with van der Waals surface area (Å²) in [5.74, 6) is 0. The van der Waals surface area contributed by atoms with Gasteiger partial charge in [-0.05, 0) is 0 Å². The second-order valence-corrected chi connectivity index (χ2v) is 6.41. The Kier molecular flexibility index (Phi) is 5.04. The van der Waals surface area contributed by atoms with Crippen molar-refractivity contribution in [2.45, 2.75) is 24.5 Å². The average Bonchev–Trinajstić information content (AvgIpc) is 2.41. The molecule has 0 saturated carbocycles. The third-order valence-electron chi connectivity index (χ3n) is 2.05. The summed E-state index contributed by atoms with van der Waals surface area (Å²) in [7, 11) is -10.2. The van der Waals surface area contributed by atoms with Gasteiger partial charge >= 0.3 is 15.6 Å². The number of hydrogen-bond donors (Lipinski definition) is 7. The minimum Gasteiger partial charge on any atom is -0.394 e. The Balaban J connectivity index is 2.68. The number of hydrogen-bond acceptors (Lipinski definition) is 7. The van der Waals surface area contributed by atoms with Gasteiger partial charge in [-0.25, -0.2) is 9.13 Å². The lowest BCUT2D eigenvalue weighted by Gasteiger charge is -2.20. The zero-order valence-corrected chi connectivity index (χ0v) is 10.5. The molecular formula is C5H13NO10P2. The van der Waals surface area contributed by atoms with Crippen molar-refractivity contribution < 1.29 is 48.2 Å². The fourth-order valence-corrected chi connectivity index (χ4v) is 3.21. The van der Waals surface area contributed by atoms with Gasteiger partial charge in [-0.3, -0.25) is 0 Å². The van der Waals surface area contributed by atoms with Gasteiger partial charge in [0, 0.05) is 0 Å². The van der Waals surface area contributed by atoms with Crippen LogP contribution in [0.1, 0.15) is 0 Å². The maximum absolute atomic E-state index is 11.2. The first-order chi connectivity index (χ1) is 8.06. The molecule has 1 fully saturated rings. The van der Waals surface area contributed by atoms with Crippen LogP contribution in [0.4, 0.5) is 0 Å². The first kappa shape index (κ1) is 16.2. The summed E-state index contributed by atoms with van der Waals surface area (Å²) >= 11 is 0. The molecule has 1 saturated heterocycles. The predicted molar refractivity (Wildman–Crippen MR) is 53.9 cm³/mol. The van der Waals surface area contributed by atoms with E-state index < -0.39 is 46.7 Å². The molecule has 1 rings (SSSR count). The van der Waals surface area contributed by atoms with Gasteiger partial charge in [-0.1, -0.05) is 0 Å². The lowest BCUT2D eigenvalue weighted by Crippen LogP contribution is -2.39. The molecule has 0 bridgehead atoms. The highest BCUT2D eigenvalue weighted by atomic mass is 31.3. The molecule has 108 valence electrons. The standard InChI is InChI=1S/C5H13NO10P2/c7-1-2-3(8)4(9)5(15-2)6-17(10,11)16-18(12,13)14/h2-5,7-9H,1H2,(H2,6,10,11)(H2,12,13,14)/t2-,3-,4-,5?/m1/s1. The summed E-state index contributed by atoms with van der Waals surface area (Å²) in [5.41, 5.74) is 0. The highest BCUT2D eigenvalue weighted by molar-refractivity contribution is 7.62. The van der Waals surface area contributed by atoms with Crippen molar-refractivity contribution in [3.63, 3.8) is 0 Å². The van der Waals surface area contributed by atoms with E-state index in [0.29, 0.717) is 0 Å². The van der Waals surface area contributed by atoms with Crippen LogP contribution >= 0.6 is 15.6 Å². The normalized spacial score (nSPS) is 36.6. The van der Waals surface area contributed by atoms with Crippen molar-refractivity contribution in [1.82, 2.24) is 5.09 Å². The molecule has 11 nitrogen and oxygen atoms in total. The SMILES string of the molecule is O=P(O)(O)OP(=O)(O)NC1O[C@H](CO)[C@@H](O)[C@H]1O. The van der Waals surface area contributed by atoms with Gasteiger partial charge in [0.2, 0.25) is 0 Å². The molecule has 0 aromatic rings. The van der Waals surface area contributed by atoms with Gasteiger partial charge in [0.05, 0.1) is 6.61 Å². The van der Waals surface area contributed by atoms with Crippen molar-refractivity contribution in [3.05, 3.63) is 0 Å². The van der Waals surface area contributed by atoms with Crippen molar-refractivity contribution in [3.8, 4) is 0 Å². The van der Waals surface area contributed by atoms with Gasteiger partial charge in [-0.15, -0.1) is 0 Å². The number of aliphatic hydroxyl groups excluding tert-OH is 3. The summed E-state index contributed by atoms with van der Waals surface area (Å²) in [6.45, 7) is -0.661. The Morgan fingerprint density at radius 3 is 2.11 bits per heavy atom. The molecule has 0 spiro atoms. The minimum absolute atomic E-state index is 0.661. The summed E-state index contributed by atoms with van der Waals surface area (Å²) < 4.78 is 30.0. The summed E-state index contributed by atoms with van der Waals surface area (Å²) in [6, 6.07) is 0. The molecule has 18 heavy (non-hydrogen) atoms. The Labute approximate surface area is 101 Å². The van der Waals surface area contributed by atoms with Crippen LogP contribution in [0.2, 0.25) is 0 Å². The van der Waals surface area contributed by atoms with Crippen LogP contribution in [0.5, 0.6) is 0 Å². The molecule has 2 unspecified atom stereocenters. The van der Waals surface area contributed by atoms with Gasteiger partial charge in [0.25, 0.3) is 0 Å². The van der Waals surface area contributed by atoms with Crippen molar-refractivity contribution in [2.75, 3.05) is 6.61 Å². The Morgan fingerprint density at radius 1 is 1.17 bits per heavy atom. The Hall–Kier alpha value is 0.1000. The number of ether oxygens (including phenoxy) is 1. The van der Waals surface area contributed by atoms with Crippen molar-refractivity contribution in [2.24, 2.45) is 0 Å². The lowest BCUT2D eigenvalue weighted by molar-refractivity contribution is -0.0270. The van der Waals surface area contributed by atoms with Crippen LogP contribution in [0.15, 0.2) is 0 Å². The summed E-state index contributed by atoms with van der Waals surface area (Å²) in [4.78, 5) is 25.8. The minimum atomic E-state index is -5.23. The monoisotopic (exact) mass is 309 g/mol. The average molecular weight is 309 g/mol. The van der Waals surface area contributed by atoms with Gasteiger partial charge in [0.1, 0.15) is 24.5 Å². The molecule has 0 aromatic carbocycles. The van der Waals surface area contributed by atoms with Crippen LogP contribution in [-0.4, -0.2) is 61.1 Å². The van der Waals surface area contributed by atoms with E-state index in [1.54, 1.807) is 5.09 Å². The van der Waals surface area contributed by atoms with Crippen molar-refractivity contribution in [1.29, 1.82) is 0 Å². The van der Waals surface area contributed by atoms with E-state index in [2.05, 4.69) is 4.31 Å². The van der Waals surface area contributed by atoms with E-state index >= 15 is 0 Å². The zero-order chi connectivity index (χ0) is 14.1. The van der Waals surface area contributed by atoms with E-state index in [4.69, 9.17) is 24.5 Å². The third kappa shape index (κ3) is 4.34. The highest BCUT2D eigenvalue weighted by Gasteiger charge is 2.46. The number of aliphatic hydroxyl groups is 3. The van der Waals surface area contributed by atoms with E-state index in [9.17, 15) is 19.3 Å². The molecule has 0 radical (unpaired) electrons. The fourth-order valence-electron chi connectivity index (χ4n) is 1.33. The topological polar surface area (TPSA) is 186 Å². The molecule has 13 heteroatoms. The van der Waals surface area contributed by atoms with Gasteiger partial charge in [0.15, 0.2) is 0 Å². The molecule has 0 aromatic heterocycles. The highest BCUT2D eigenvalue weighted by Crippen LogP contribution is 2.54. The smallest absolute Gasteiger partial charge is 0.394 e. The van der Waals surface area contributed by atoms with Crippen LogP contribution in [0.3, 0.4) is 0 Å². The van der Waals surface area contributed by atoms with Crippen LogP contribution in [-0.2, 0) is 18.2 Å². The third-order valence-corrected chi connectivity index (χ3v) is 4.37. The maximum Gasteiger partial charge on any atom is 0.477 e. The van der Waals surface area contributed by atoms with Gasteiger partial charge in [-0.2, -0.15) is 9.40 Å². The molecule has 1 aliphatic heterocycles. The Morgan fingerprint density at radius 2 is 1.72 bits per heavy atom. The maximum atomic E-state index is 11.2.